The SMILES string of the molecule is C#CCCN1CCC(O)C1. The zero-order chi connectivity index (χ0) is 7.40. The van der Waals surface area contributed by atoms with Gasteiger partial charge < -0.3 is 5.11 Å². The molecule has 0 aromatic carbocycles. The van der Waals surface area contributed by atoms with Crippen molar-refractivity contribution in [1.29, 1.82) is 0 Å². The highest BCUT2D eigenvalue weighted by atomic mass is 16.3. The summed E-state index contributed by atoms with van der Waals surface area (Å²) in [5, 5.41) is 9.11. The van der Waals surface area contributed by atoms with Crippen LogP contribution in [0.4, 0.5) is 0 Å². The Kier molecular flexibility index (Phi) is 2.73. The minimum Gasteiger partial charge on any atom is -0.392 e. The van der Waals surface area contributed by atoms with E-state index in [2.05, 4.69) is 10.8 Å². The number of hydrogen-bond acceptors (Lipinski definition) is 2. The quantitative estimate of drug-likeness (QED) is 0.547. The lowest BCUT2D eigenvalue weighted by Crippen LogP contribution is -2.22. The smallest absolute Gasteiger partial charge is 0.0679 e. The second-order valence-electron chi connectivity index (χ2n) is 2.70. The first-order valence-corrected chi connectivity index (χ1v) is 3.67. The van der Waals surface area contributed by atoms with Gasteiger partial charge in [-0.3, -0.25) is 4.90 Å². The number of nitrogens with zero attached hydrogens (tertiary/aromatic N) is 1. The number of β-amino-alcohol motifs (C(OH)–C–C–N with tert-alkyl or cyclic N) is 1. The van der Waals surface area contributed by atoms with Gasteiger partial charge in [-0.1, -0.05) is 0 Å². The van der Waals surface area contributed by atoms with Crippen LogP contribution in [0.2, 0.25) is 0 Å². The molecule has 0 radical (unpaired) electrons. The van der Waals surface area contributed by atoms with E-state index < -0.39 is 0 Å². The highest BCUT2D eigenvalue weighted by Crippen LogP contribution is 2.07. The van der Waals surface area contributed by atoms with Crippen molar-refractivity contribution in [1.82, 2.24) is 4.90 Å². The van der Waals surface area contributed by atoms with E-state index in [4.69, 9.17) is 11.5 Å². The van der Waals surface area contributed by atoms with Crippen molar-refractivity contribution in [2.75, 3.05) is 19.6 Å². The average molecular weight is 139 g/mol. The van der Waals surface area contributed by atoms with E-state index in [1.807, 2.05) is 0 Å². The Labute approximate surface area is 61.8 Å². The van der Waals surface area contributed by atoms with Crippen LogP contribution in [-0.2, 0) is 0 Å². The van der Waals surface area contributed by atoms with Gasteiger partial charge in [-0.15, -0.1) is 12.3 Å². The summed E-state index contributed by atoms with van der Waals surface area (Å²) in [6, 6.07) is 0. The van der Waals surface area contributed by atoms with Crippen LogP contribution in [0.25, 0.3) is 0 Å². The predicted octanol–water partition coefficient (Wildman–Crippen LogP) is 0.0763. The van der Waals surface area contributed by atoms with Crippen LogP contribution in [0.15, 0.2) is 0 Å². The summed E-state index contributed by atoms with van der Waals surface area (Å²) in [6.07, 6.45) is 6.69. The van der Waals surface area contributed by atoms with Crippen LogP contribution in [-0.4, -0.2) is 35.7 Å². The number of rotatable bonds is 2. The molecule has 1 aliphatic rings. The fourth-order valence-corrected chi connectivity index (χ4v) is 1.24. The van der Waals surface area contributed by atoms with Crippen LogP contribution >= 0.6 is 0 Å². The van der Waals surface area contributed by atoms with Gasteiger partial charge in [0, 0.05) is 26.1 Å². The normalized spacial score (nSPS) is 26.6. The maximum absolute atomic E-state index is 9.11. The zero-order valence-electron chi connectivity index (χ0n) is 6.08. The molecule has 1 saturated heterocycles. The molecule has 0 aliphatic carbocycles. The van der Waals surface area contributed by atoms with Crippen molar-refractivity contribution < 1.29 is 5.11 Å². The van der Waals surface area contributed by atoms with Gasteiger partial charge in [-0.2, -0.15) is 0 Å². The Balaban J connectivity index is 2.14. The number of aliphatic hydroxyl groups excluding tert-OH is 1. The Bertz CT molecular complexity index is 139. The van der Waals surface area contributed by atoms with E-state index in [0.717, 1.165) is 32.5 Å². The lowest BCUT2D eigenvalue weighted by molar-refractivity contribution is 0.177. The molecule has 2 heteroatoms. The number of likely N-dealkylation sites (tertiary alicyclic amines) is 1. The molecule has 56 valence electrons. The maximum atomic E-state index is 9.11. The second kappa shape index (κ2) is 3.60. The first kappa shape index (κ1) is 7.59. The van der Waals surface area contributed by atoms with Gasteiger partial charge in [0.15, 0.2) is 0 Å². The van der Waals surface area contributed by atoms with Crippen molar-refractivity contribution in [2.45, 2.75) is 18.9 Å². The van der Waals surface area contributed by atoms with Crippen LogP contribution in [0.1, 0.15) is 12.8 Å². The summed E-state index contributed by atoms with van der Waals surface area (Å²) in [4.78, 5) is 2.20. The molecular weight excluding hydrogens is 126 g/mol. The zero-order valence-corrected chi connectivity index (χ0v) is 6.08. The van der Waals surface area contributed by atoms with Crippen molar-refractivity contribution in [3.8, 4) is 12.3 Å². The molecule has 1 fully saturated rings. The lowest BCUT2D eigenvalue weighted by atomic mass is 10.3. The molecule has 1 aliphatic heterocycles. The van der Waals surface area contributed by atoms with Crippen LogP contribution in [0.3, 0.4) is 0 Å². The first-order valence-electron chi connectivity index (χ1n) is 3.67. The molecule has 1 rings (SSSR count). The summed E-state index contributed by atoms with van der Waals surface area (Å²) < 4.78 is 0. The Hall–Kier alpha value is -0.520. The van der Waals surface area contributed by atoms with Crippen LogP contribution in [0, 0.1) is 12.3 Å². The van der Waals surface area contributed by atoms with E-state index in [1.54, 1.807) is 0 Å². The molecule has 0 aromatic heterocycles. The molecule has 0 bridgehead atoms. The molecule has 0 spiro atoms. The largest absolute Gasteiger partial charge is 0.392 e. The van der Waals surface area contributed by atoms with E-state index in [1.165, 1.54) is 0 Å². The molecule has 2 nitrogen and oxygen atoms in total. The Morgan fingerprint density at radius 1 is 1.70 bits per heavy atom. The van der Waals surface area contributed by atoms with Crippen molar-refractivity contribution in [3.05, 3.63) is 0 Å². The van der Waals surface area contributed by atoms with Gasteiger partial charge in [-0.05, 0) is 6.42 Å². The number of aliphatic hydroxyl groups is 1. The third-order valence-electron chi connectivity index (χ3n) is 1.82. The summed E-state index contributed by atoms with van der Waals surface area (Å²) in [5.74, 6) is 2.59. The molecule has 0 amide bonds. The van der Waals surface area contributed by atoms with Gasteiger partial charge in [0.05, 0.1) is 6.10 Å². The van der Waals surface area contributed by atoms with Gasteiger partial charge >= 0.3 is 0 Å². The monoisotopic (exact) mass is 139 g/mol. The summed E-state index contributed by atoms with van der Waals surface area (Å²) in [6.45, 7) is 2.75. The van der Waals surface area contributed by atoms with E-state index in [9.17, 15) is 0 Å². The van der Waals surface area contributed by atoms with Gasteiger partial charge in [0.25, 0.3) is 0 Å². The standard InChI is InChI=1S/C8H13NO/c1-2-3-5-9-6-4-8(10)7-9/h1,8,10H,3-7H2. The molecule has 1 heterocycles. The first-order chi connectivity index (χ1) is 4.83. The van der Waals surface area contributed by atoms with Crippen LogP contribution in [0.5, 0.6) is 0 Å². The van der Waals surface area contributed by atoms with Gasteiger partial charge in [0.1, 0.15) is 0 Å². The molecule has 0 aromatic rings. The van der Waals surface area contributed by atoms with E-state index >= 15 is 0 Å². The summed E-state index contributed by atoms with van der Waals surface area (Å²) >= 11 is 0. The third kappa shape index (κ3) is 2.02. The molecular formula is C8H13NO. The Morgan fingerprint density at radius 3 is 3.00 bits per heavy atom. The molecule has 1 unspecified atom stereocenters. The van der Waals surface area contributed by atoms with Gasteiger partial charge in [0.2, 0.25) is 0 Å². The predicted molar refractivity (Wildman–Crippen MR) is 40.5 cm³/mol. The topological polar surface area (TPSA) is 23.5 Å². The molecule has 10 heavy (non-hydrogen) atoms. The highest BCUT2D eigenvalue weighted by Gasteiger charge is 2.18. The van der Waals surface area contributed by atoms with E-state index in [-0.39, 0.29) is 6.10 Å². The minimum atomic E-state index is -0.113. The average Bonchev–Trinajstić information content (AvgIpc) is 2.31. The molecule has 1 atom stereocenters. The van der Waals surface area contributed by atoms with Crippen LogP contribution < -0.4 is 0 Å². The summed E-state index contributed by atoms with van der Waals surface area (Å²) in [7, 11) is 0. The number of hydrogen-bond donors (Lipinski definition) is 1. The third-order valence-corrected chi connectivity index (χ3v) is 1.82. The highest BCUT2D eigenvalue weighted by molar-refractivity contribution is 4.86. The maximum Gasteiger partial charge on any atom is 0.0679 e. The summed E-state index contributed by atoms with van der Waals surface area (Å²) in [5.41, 5.74) is 0. The van der Waals surface area contributed by atoms with E-state index in [0.29, 0.717) is 0 Å². The molecule has 1 N–H and O–H groups in total. The number of terminal acetylenes is 1. The molecule has 0 saturated carbocycles. The Morgan fingerprint density at radius 2 is 2.50 bits per heavy atom. The minimum absolute atomic E-state index is 0.113. The second-order valence-corrected chi connectivity index (χ2v) is 2.70. The van der Waals surface area contributed by atoms with Gasteiger partial charge in [-0.25, -0.2) is 0 Å². The lowest BCUT2D eigenvalue weighted by Gasteiger charge is -2.11. The van der Waals surface area contributed by atoms with Crippen molar-refractivity contribution in [3.63, 3.8) is 0 Å². The van der Waals surface area contributed by atoms with Crippen molar-refractivity contribution in [2.24, 2.45) is 0 Å². The fourth-order valence-electron chi connectivity index (χ4n) is 1.24. The fraction of sp³-hybridized carbons (Fsp3) is 0.750. The van der Waals surface area contributed by atoms with Crippen molar-refractivity contribution >= 4 is 0 Å².